The lowest BCUT2D eigenvalue weighted by atomic mass is 10.2. The van der Waals surface area contributed by atoms with E-state index in [4.69, 9.17) is 5.11 Å². The van der Waals surface area contributed by atoms with E-state index in [0.29, 0.717) is 11.4 Å². The summed E-state index contributed by atoms with van der Waals surface area (Å²) in [5.74, 6) is -2.04. The van der Waals surface area contributed by atoms with Crippen LogP contribution in [0.1, 0.15) is 6.42 Å². The number of alkyl halides is 2. The third-order valence-corrected chi connectivity index (χ3v) is 2.82. The molecule has 1 heterocycles. The van der Waals surface area contributed by atoms with E-state index in [9.17, 15) is 18.4 Å². The number of aromatic nitrogens is 4. The Kier molecular flexibility index (Phi) is 5.28. The Labute approximate surface area is 129 Å². The van der Waals surface area contributed by atoms with Gasteiger partial charge >= 0.3 is 5.97 Å². The second kappa shape index (κ2) is 7.38. The highest BCUT2D eigenvalue weighted by molar-refractivity contribution is 5.83. The SMILES string of the molecule is O=C(Cn1nnc(-c2ccccc2)n1)NC(CC(F)F)C(=O)O. The van der Waals surface area contributed by atoms with Crippen molar-refractivity contribution in [1.29, 1.82) is 0 Å². The molecule has 1 aromatic carbocycles. The molecule has 0 fully saturated rings. The van der Waals surface area contributed by atoms with Gasteiger partial charge in [0.05, 0.1) is 0 Å². The topological polar surface area (TPSA) is 110 Å². The van der Waals surface area contributed by atoms with Crippen molar-refractivity contribution in [2.75, 3.05) is 0 Å². The molecule has 0 aliphatic rings. The molecule has 0 aliphatic heterocycles. The van der Waals surface area contributed by atoms with Crippen LogP contribution in [0.5, 0.6) is 0 Å². The maximum Gasteiger partial charge on any atom is 0.326 e. The normalized spacial score (nSPS) is 12.1. The molecule has 0 spiro atoms. The van der Waals surface area contributed by atoms with E-state index in [1.165, 1.54) is 0 Å². The molecule has 2 N–H and O–H groups in total. The molecule has 23 heavy (non-hydrogen) atoms. The smallest absolute Gasteiger partial charge is 0.326 e. The van der Waals surface area contributed by atoms with E-state index in [0.717, 1.165) is 4.80 Å². The first-order valence-electron chi connectivity index (χ1n) is 6.59. The van der Waals surface area contributed by atoms with Crippen molar-refractivity contribution in [1.82, 2.24) is 25.5 Å². The van der Waals surface area contributed by atoms with Crippen LogP contribution >= 0.6 is 0 Å². The number of hydrogen-bond donors (Lipinski definition) is 2. The minimum atomic E-state index is -2.84. The second-order valence-corrected chi connectivity index (χ2v) is 4.59. The van der Waals surface area contributed by atoms with Crippen molar-refractivity contribution in [2.24, 2.45) is 0 Å². The number of carboxylic acid groups (broad SMARTS) is 1. The van der Waals surface area contributed by atoms with Gasteiger partial charge in [-0.05, 0) is 5.21 Å². The molecule has 122 valence electrons. The van der Waals surface area contributed by atoms with Crippen LogP contribution in [0, 0.1) is 0 Å². The molecule has 0 saturated carbocycles. The number of carbonyl (C=O) groups excluding carboxylic acids is 1. The summed E-state index contributed by atoms with van der Waals surface area (Å²) in [5.41, 5.74) is 0.695. The number of benzene rings is 1. The first-order chi connectivity index (χ1) is 11.0. The number of nitrogens with zero attached hydrogens (tertiary/aromatic N) is 4. The molecular formula is C13H13F2N5O3. The predicted octanol–water partition coefficient (Wildman–Crippen LogP) is 0.565. The van der Waals surface area contributed by atoms with Gasteiger partial charge in [0.25, 0.3) is 0 Å². The van der Waals surface area contributed by atoms with E-state index in [2.05, 4.69) is 15.4 Å². The molecule has 0 radical (unpaired) electrons. The van der Waals surface area contributed by atoms with Gasteiger partial charge in [-0.15, -0.1) is 10.2 Å². The number of hydrogen-bond acceptors (Lipinski definition) is 5. The summed E-state index contributed by atoms with van der Waals surface area (Å²) in [6.45, 7) is -0.424. The summed E-state index contributed by atoms with van der Waals surface area (Å²) in [6.07, 6.45) is -3.81. The summed E-state index contributed by atoms with van der Waals surface area (Å²) in [5, 5.41) is 22.2. The van der Waals surface area contributed by atoms with Crippen molar-refractivity contribution in [3.63, 3.8) is 0 Å². The third kappa shape index (κ3) is 4.80. The summed E-state index contributed by atoms with van der Waals surface area (Å²) in [7, 11) is 0. The maximum atomic E-state index is 12.3. The number of tetrazole rings is 1. The zero-order valence-corrected chi connectivity index (χ0v) is 11.8. The van der Waals surface area contributed by atoms with Crippen LogP contribution in [0.3, 0.4) is 0 Å². The number of halogens is 2. The number of rotatable bonds is 7. The van der Waals surface area contributed by atoms with Crippen molar-refractivity contribution in [3.05, 3.63) is 30.3 Å². The number of carbonyl (C=O) groups is 2. The van der Waals surface area contributed by atoms with Crippen molar-refractivity contribution in [3.8, 4) is 11.4 Å². The highest BCUT2D eigenvalue weighted by atomic mass is 19.3. The number of carboxylic acids is 1. The first-order valence-corrected chi connectivity index (χ1v) is 6.59. The molecule has 1 atom stereocenters. The van der Waals surface area contributed by atoms with E-state index in [1.807, 2.05) is 11.4 Å². The van der Waals surface area contributed by atoms with Gasteiger partial charge in [-0.2, -0.15) is 4.80 Å². The predicted molar refractivity (Wildman–Crippen MR) is 73.4 cm³/mol. The van der Waals surface area contributed by atoms with Gasteiger partial charge in [-0.1, -0.05) is 30.3 Å². The zero-order chi connectivity index (χ0) is 16.8. The third-order valence-electron chi connectivity index (χ3n) is 2.82. The fraction of sp³-hybridized carbons (Fsp3) is 0.308. The Bertz CT molecular complexity index is 677. The molecule has 1 aromatic heterocycles. The fourth-order valence-electron chi connectivity index (χ4n) is 1.78. The average molecular weight is 325 g/mol. The van der Waals surface area contributed by atoms with Crippen molar-refractivity contribution < 1.29 is 23.5 Å². The van der Waals surface area contributed by atoms with Gasteiger partial charge in [-0.25, -0.2) is 13.6 Å². The van der Waals surface area contributed by atoms with E-state index in [1.54, 1.807) is 24.3 Å². The maximum absolute atomic E-state index is 12.3. The summed E-state index contributed by atoms with van der Waals surface area (Å²) in [6, 6.07) is 7.22. The monoisotopic (exact) mass is 325 g/mol. The molecule has 2 aromatic rings. The molecule has 1 unspecified atom stereocenters. The van der Waals surface area contributed by atoms with Gasteiger partial charge in [0, 0.05) is 12.0 Å². The van der Waals surface area contributed by atoms with Crippen LogP contribution in [-0.2, 0) is 16.1 Å². The second-order valence-electron chi connectivity index (χ2n) is 4.59. The largest absolute Gasteiger partial charge is 0.480 e. The first kappa shape index (κ1) is 16.5. The summed E-state index contributed by atoms with van der Waals surface area (Å²) >= 11 is 0. The highest BCUT2D eigenvalue weighted by Gasteiger charge is 2.24. The molecule has 0 aliphatic carbocycles. The minimum Gasteiger partial charge on any atom is -0.480 e. The fourth-order valence-corrected chi connectivity index (χ4v) is 1.78. The molecular weight excluding hydrogens is 312 g/mol. The van der Waals surface area contributed by atoms with Crippen molar-refractivity contribution >= 4 is 11.9 Å². The van der Waals surface area contributed by atoms with Crippen LogP contribution in [0.4, 0.5) is 8.78 Å². The highest BCUT2D eigenvalue weighted by Crippen LogP contribution is 2.11. The van der Waals surface area contributed by atoms with Crippen molar-refractivity contribution in [2.45, 2.75) is 25.4 Å². The molecule has 0 saturated heterocycles. The number of nitrogens with one attached hydrogen (secondary N) is 1. The van der Waals surface area contributed by atoms with Crippen LogP contribution in [0.25, 0.3) is 11.4 Å². The zero-order valence-electron chi connectivity index (χ0n) is 11.8. The Hall–Kier alpha value is -2.91. The number of amides is 1. The Balaban J connectivity index is 1.98. The average Bonchev–Trinajstić information content (AvgIpc) is 2.95. The van der Waals surface area contributed by atoms with Crippen LogP contribution in [0.15, 0.2) is 30.3 Å². The van der Waals surface area contributed by atoms with Gasteiger partial charge in [0.2, 0.25) is 18.2 Å². The molecule has 10 heteroatoms. The van der Waals surface area contributed by atoms with E-state index in [-0.39, 0.29) is 0 Å². The van der Waals surface area contributed by atoms with Gasteiger partial charge in [0.15, 0.2) is 0 Å². The lowest BCUT2D eigenvalue weighted by molar-refractivity contribution is -0.143. The lowest BCUT2D eigenvalue weighted by Crippen LogP contribution is -2.43. The van der Waals surface area contributed by atoms with Gasteiger partial charge in [-0.3, -0.25) is 4.79 Å². The molecule has 0 bridgehead atoms. The standard InChI is InChI=1S/C13H13F2N5O3/c14-10(15)6-9(13(22)23)16-11(21)7-20-18-12(17-19-20)8-4-2-1-3-5-8/h1-5,9-10H,6-7H2,(H,16,21)(H,22,23). The van der Waals surface area contributed by atoms with E-state index < -0.39 is 37.3 Å². The molecule has 8 nitrogen and oxygen atoms in total. The van der Waals surface area contributed by atoms with Crippen LogP contribution in [-0.4, -0.2) is 49.7 Å². The minimum absolute atomic E-state index is 0.292. The molecule has 1 amide bonds. The Morgan fingerprint density at radius 2 is 1.96 bits per heavy atom. The van der Waals surface area contributed by atoms with Gasteiger partial charge in [0.1, 0.15) is 12.6 Å². The molecule has 2 rings (SSSR count). The summed E-state index contributed by atoms with van der Waals surface area (Å²) in [4.78, 5) is 23.5. The van der Waals surface area contributed by atoms with Crippen LogP contribution in [0.2, 0.25) is 0 Å². The Morgan fingerprint density at radius 1 is 1.26 bits per heavy atom. The van der Waals surface area contributed by atoms with E-state index >= 15 is 0 Å². The van der Waals surface area contributed by atoms with Gasteiger partial charge < -0.3 is 10.4 Å². The summed E-state index contributed by atoms with van der Waals surface area (Å²) < 4.78 is 24.5. The quantitative estimate of drug-likeness (QED) is 0.770. The van der Waals surface area contributed by atoms with Crippen LogP contribution < -0.4 is 5.32 Å². The lowest BCUT2D eigenvalue weighted by Gasteiger charge is -2.13. The number of aliphatic carboxylic acids is 1. The Morgan fingerprint density at radius 3 is 2.57 bits per heavy atom.